The van der Waals surface area contributed by atoms with E-state index in [2.05, 4.69) is 10.3 Å². The summed E-state index contributed by atoms with van der Waals surface area (Å²) >= 11 is 0. The number of carbonyl (C=O) groups excluding carboxylic acids is 2. The van der Waals surface area contributed by atoms with Crippen molar-refractivity contribution < 1.29 is 22.7 Å². The van der Waals surface area contributed by atoms with E-state index in [0.29, 0.717) is 43.9 Å². The van der Waals surface area contributed by atoms with Crippen molar-refractivity contribution in [2.75, 3.05) is 38.6 Å². The van der Waals surface area contributed by atoms with Gasteiger partial charge >= 0.3 is 0 Å². The summed E-state index contributed by atoms with van der Waals surface area (Å²) in [5, 5.41) is 2.86. The Balaban J connectivity index is 1.43. The number of ether oxygens (including phenoxy) is 1. The molecule has 0 radical (unpaired) electrons. The number of nitrogens with zero attached hydrogens (tertiary/aromatic N) is 2. The van der Waals surface area contributed by atoms with Crippen LogP contribution in [0.4, 0.5) is 5.69 Å². The zero-order valence-corrected chi connectivity index (χ0v) is 19.6. The van der Waals surface area contributed by atoms with Gasteiger partial charge in [-0.15, -0.1) is 0 Å². The van der Waals surface area contributed by atoms with Crippen LogP contribution in [0.25, 0.3) is 0 Å². The topological polar surface area (TPSA) is 112 Å². The summed E-state index contributed by atoms with van der Waals surface area (Å²) in [4.78, 5) is 30.2. The number of methoxy groups -OCH3 is 1. The van der Waals surface area contributed by atoms with Crippen LogP contribution in [-0.2, 0) is 14.8 Å². The number of amides is 2. The molecule has 0 bridgehead atoms. The maximum absolute atomic E-state index is 13.2. The fourth-order valence-corrected chi connectivity index (χ4v) is 5.90. The minimum absolute atomic E-state index is 0.0525. The second-order valence-electron chi connectivity index (χ2n) is 8.53. The number of aromatic amines is 1. The number of benzene rings is 1. The molecule has 33 heavy (non-hydrogen) atoms. The van der Waals surface area contributed by atoms with E-state index in [-0.39, 0.29) is 28.9 Å². The molecule has 178 valence electrons. The first-order valence-corrected chi connectivity index (χ1v) is 12.8. The zero-order chi connectivity index (χ0) is 23.4. The molecule has 1 atom stereocenters. The zero-order valence-electron chi connectivity index (χ0n) is 18.7. The number of H-pyrrole nitrogens is 1. The van der Waals surface area contributed by atoms with Crippen molar-refractivity contribution in [3.05, 3.63) is 42.2 Å². The Kier molecular flexibility index (Phi) is 7.04. The summed E-state index contributed by atoms with van der Waals surface area (Å²) < 4.78 is 33.0. The minimum atomic E-state index is -3.82. The summed E-state index contributed by atoms with van der Waals surface area (Å²) in [6.07, 6.45) is 5.59. The van der Waals surface area contributed by atoms with E-state index in [1.807, 2.05) is 0 Å². The SMILES string of the molecule is COc1cccc(NC(=O)[C@H]2CCCN(S(=O)(=O)c3c[nH]c(C(=O)N4CCCCC4)c3)C2)c1. The average molecular weight is 475 g/mol. The lowest BCUT2D eigenvalue weighted by Crippen LogP contribution is -2.43. The predicted octanol–water partition coefficient (Wildman–Crippen LogP) is 2.69. The van der Waals surface area contributed by atoms with E-state index in [1.165, 1.54) is 16.6 Å². The summed E-state index contributed by atoms with van der Waals surface area (Å²) in [6.45, 7) is 1.82. The van der Waals surface area contributed by atoms with Crippen molar-refractivity contribution in [1.29, 1.82) is 0 Å². The molecule has 2 aliphatic heterocycles. The molecule has 2 saturated heterocycles. The average Bonchev–Trinajstić information content (AvgIpc) is 3.35. The number of nitrogens with one attached hydrogen (secondary N) is 2. The van der Waals surface area contributed by atoms with Gasteiger partial charge < -0.3 is 19.9 Å². The number of piperidine rings is 2. The van der Waals surface area contributed by atoms with E-state index >= 15 is 0 Å². The molecule has 4 rings (SSSR count). The number of hydrogen-bond acceptors (Lipinski definition) is 5. The van der Waals surface area contributed by atoms with Crippen LogP contribution in [0.1, 0.15) is 42.6 Å². The third-order valence-corrected chi connectivity index (χ3v) is 8.10. The van der Waals surface area contributed by atoms with Gasteiger partial charge in [0.15, 0.2) is 0 Å². The van der Waals surface area contributed by atoms with Crippen LogP contribution >= 0.6 is 0 Å². The fraction of sp³-hybridized carbons (Fsp3) is 0.478. The third kappa shape index (κ3) is 5.22. The van der Waals surface area contributed by atoms with Gasteiger partial charge in [-0.05, 0) is 50.3 Å². The Labute approximate surface area is 194 Å². The summed E-state index contributed by atoms with van der Waals surface area (Å²) in [7, 11) is -2.27. The number of anilines is 1. The van der Waals surface area contributed by atoms with Crippen LogP contribution in [0.15, 0.2) is 41.4 Å². The molecule has 2 fully saturated rings. The van der Waals surface area contributed by atoms with Gasteiger partial charge in [0, 0.05) is 44.1 Å². The van der Waals surface area contributed by atoms with Crippen molar-refractivity contribution in [3.63, 3.8) is 0 Å². The van der Waals surface area contributed by atoms with E-state index in [1.54, 1.807) is 36.3 Å². The highest BCUT2D eigenvalue weighted by atomic mass is 32.2. The van der Waals surface area contributed by atoms with E-state index in [0.717, 1.165) is 19.3 Å². The van der Waals surface area contributed by atoms with E-state index in [9.17, 15) is 18.0 Å². The van der Waals surface area contributed by atoms with Crippen LogP contribution in [0.3, 0.4) is 0 Å². The molecule has 2 aromatic rings. The normalized spacial score (nSPS) is 19.8. The van der Waals surface area contributed by atoms with Gasteiger partial charge in [0.1, 0.15) is 16.3 Å². The first-order valence-electron chi connectivity index (χ1n) is 11.3. The lowest BCUT2D eigenvalue weighted by molar-refractivity contribution is -0.120. The van der Waals surface area contributed by atoms with Crippen molar-refractivity contribution in [1.82, 2.24) is 14.2 Å². The molecular formula is C23H30N4O5S. The van der Waals surface area contributed by atoms with Crippen LogP contribution in [0.5, 0.6) is 5.75 Å². The summed E-state index contributed by atoms with van der Waals surface area (Å²) in [6, 6.07) is 8.45. The molecule has 2 N–H and O–H groups in total. The molecule has 0 spiro atoms. The largest absolute Gasteiger partial charge is 0.497 e. The number of sulfonamides is 1. The molecule has 0 unspecified atom stereocenters. The van der Waals surface area contributed by atoms with Crippen molar-refractivity contribution >= 4 is 27.5 Å². The Morgan fingerprint density at radius 1 is 1.09 bits per heavy atom. The molecule has 3 heterocycles. The Morgan fingerprint density at radius 2 is 1.88 bits per heavy atom. The van der Waals surface area contributed by atoms with Gasteiger partial charge in [-0.25, -0.2) is 8.42 Å². The number of carbonyl (C=O) groups is 2. The number of likely N-dealkylation sites (tertiary alicyclic amines) is 1. The second-order valence-corrected chi connectivity index (χ2v) is 10.5. The maximum atomic E-state index is 13.2. The smallest absolute Gasteiger partial charge is 0.270 e. The highest BCUT2D eigenvalue weighted by Crippen LogP contribution is 2.26. The Bertz CT molecular complexity index is 1110. The standard InChI is InChI=1S/C23H30N4O5S/c1-32-19-9-5-8-18(13-19)25-22(28)17-7-6-12-27(16-17)33(30,31)20-14-21(24-15-20)23(29)26-10-3-2-4-11-26/h5,8-9,13-15,17,24H,2-4,6-7,10-12,16H2,1H3,(H,25,28)/t17-/m0/s1. The van der Waals surface area contributed by atoms with Gasteiger partial charge in [0.05, 0.1) is 13.0 Å². The molecule has 2 aliphatic rings. The quantitative estimate of drug-likeness (QED) is 0.669. The van der Waals surface area contributed by atoms with Gasteiger partial charge in [-0.3, -0.25) is 9.59 Å². The third-order valence-electron chi connectivity index (χ3n) is 6.26. The molecule has 0 aliphatic carbocycles. The van der Waals surface area contributed by atoms with Gasteiger partial charge in [0.2, 0.25) is 15.9 Å². The molecule has 10 heteroatoms. The van der Waals surface area contributed by atoms with Crippen LogP contribution in [0, 0.1) is 5.92 Å². The molecular weight excluding hydrogens is 444 g/mol. The Morgan fingerprint density at radius 3 is 2.64 bits per heavy atom. The first kappa shape index (κ1) is 23.3. The second kappa shape index (κ2) is 9.96. The van der Waals surface area contributed by atoms with Gasteiger partial charge in [0.25, 0.3) is 5.91 Å². The highest BCUT2D eigenvalue weighted by Gasteiger charge is 2.34. The highest BCUT2D eigenvalue weighted by molar-refractivity contribution is 7.89. The van der Waals surface area contributed by atoms with Crippen LogP contribution < -0.4 is 10.1 Å². The fourth-order valence-electron chi connectivity index (χ4n) is 4.38. The molecule has 9 nitrogen and oxygen atoms in total. The van der Waals surface area contributed by atoms with Crippen molar-refractivity contribution in [2.24, 2.45) is 5.92 Å². The number of hydrogen-bond donors (Lipinski definition) is 2. The van der Waals surface area contributed by atoms with E-state index in [4.69, 9.17) is 4.74 Å². The lowest BCUT2D eigenvalue weighted by Gasteiger charge is -2.31. The Hall–Kier alpha value is -2.85. The minimum Gasteiger partial charge on any atom is -0.497 e. The van der Waals surface area contributed by atoms with Crippen molar-refractivity contribution in [3.8, 4) is 5.75 Å². The van der Waals surface area contributed by atoms with E-state index < -0.39 is 15.9 Å². The van der Waals surface area contributed by atoms with Gasteiger partial charge in [-0.1, -0.05) is 6.07 Å². The van der Waals surface area contributed by atoms with Crippen molar-refractivity contribution in [2.45, 2.75) is 37.0 Å². The molecule has 0 saturated carbocycles. The van der Waals surface area contributed by atoms with Gasteiger partial charge in [-0.2, -0.15) is 4.31 Å². The predicted molar refractivity (Wildman–Crippen MR) is 124 cm³/mol. The monoisotopic (exact) mass is 474 g/mol. The van der Waals surface area contributed by atoms with Crippen LogP contribution in [-0.4, -0.2) is 67.7 Å². The van der Waals surface area contributed by atoms with Crippen LogP contribution in [0.2, 0.25) is 0 Å². The molecule has 2 amide bonds. The lowest BCUT2D eigenvalue weighted by atomic mass is 9.98. The summed E-state index contributed by atoms with van der Waals surface area (Å²) in [5.74, 6) is -0.236. The number of rotatable bonds is 6. The molecule has 1 aromatic heterocycles. The molecule has 1 aromatic carbocycles. The number of aromatic nitrogens is 1. The summed E-state index contributed by atoms with van der Waals surface area (Å²) in [5.41, 5.74) is 0.880. The maximum Gasteiger partial charge on any atom is 0.270 e. The first-order chi connectivity index (χ1) is 15.9.